The lowest BCUT2D eigenvalue weighted by atomic mass is 9.79. The predicted octanol–water partition coefficient (Wildman–Crippen LogP) is 1.66. The van der Waals surface area contributed by atoms with Crippen LogP contribution in [0, 0.1) is 0 Å². The van der Waals surface area contributed by atoms with Gasteiger partial charge in [-0.05, 0) is 24.8 Å². The molecule has 1 N–H and O–H groups in total. The Morgan fingerprint density at radius 1 is 1.29 bits per heavy atom. The SMILES string of the molecule is O=C1CC[C@H]2N1CCC[C@]2(O)c1ccccc1. The van der Waals surface area contributed by atoms with Crippen LogP contribution in [0.25, 0.3) is 0 Å². The lowest BCUT2D eigenvalue weighted by Crippen LogP contribution is -2.52. The maximum Gasteiger partial charge on any atom is 0.223 e. The third-order valence-corrected chi connectivity index (χ3v) is 4.11. The number of hydrogen-bond donors (Lipinski definition) is 1. The first-order chi connectivity index (χ1) is 8.22. The second kappa shape index (κ2) is 3.84. The van der Waals surface area contributed by atoms with Crippen LogP contribution in [0.4, 0.5) is 0 Å². The molecule has 0 aromatic heterocycles. The van der Waals surface area contributed by atoms with Crippen molar-refractivity contribution >= 4 is 5.91 Å². The number of aliphatic hydroxyl groups is 1. The van der Waals surface area contributed by atoms with Crippen molar-refractivity contribution in [2.24, 2.45) is 0 Å². The normalized spacial score (nSPS) is 32.6. The number of hydrogen-bond acceptors (Lipinski definition) is 2. The Bertz CT molecular complexity index is 431. The van der Waals surface area contributed by atoms with Gasteiger partial charge in [-0.1, -0.05) is 30.3 Å². The van der Waals surface area contributed by atoms with Crippen LogP contribution in [-0.4, -0.2) is 28.5 Å². The highest BCUT2D eigenvalue weighted by molar-refractivity contribution is 5.79. The van der Waals surface area contributed by atoms with Crippen LogP contribution in [0.3, 0.4) is 0 Å². The number of piperidine rings is 1. The van der Waals surface area contributed by atoms with Crippen molar-refractivity contribution in [1.29, 1.82) is 0 Å². The molecule has 2 fully saturated rings. The molecular formula is C14H17NO2. The minimum Gasteiger partial charge on any atom is -0.383 e. The van der Waals surface area contributed by atoms with Gasteiger partial charge in [0.2, 0.25) is 5.91 Å². The Hall–Kier alpha value is -1.35. The van der Waals surface area contributed by atoms with Crippen molar-refractivity contribution in [2.75, 3.05) is 6.54 Å². The van der Waals surface area contributed by atoms with E-state index in [0.29, 0.717) is 6.42 Å². The summed E-state index contributed by atoms with van der Waals surface area (Å²) in [7, 11) is 0. The molecule has 0 spiro atoms. The number of carbonyl (C=O) groups excluding carboxylic acids is 1. The van der Waals surface area contributed by atoms with Crippen molar-refractivity contribution in [3.8, 4) is 0 Å². The fourth-order valence-electron chi connectivity index (χ4n) is 3.26. The molecule has 0 saturated carbocycles. The van der Waals surface area contributed by atoms with Gasteiger partial charge in [0.1, 0.15) is 5.60 Å². The van der Waals surface area contributed by atoms with Gasteiger partial charge in [0.05, 0.1) is 6.04 Å². The zero-order valence-electron chi connectivity index (χ0n) is 9.80. The van der Waals surface area contributed by atoms with E-state index in [9.17, 15) is 9.90 Å². The average Bonchev–Trinajstić information content (AvgIpc) is 2.74. The smallest absolute Gasteiger partial charge is 0.223 e. The minimum absolute atomic E-state index is 0.0221. The number of nitrogens with zero attached hydrogens (tertiary/aromatic N) is 1. The first kappa shape index (κ1) is 10.8. The van der Waals surface area contributed by atoms with Crippen LogP contribution in [0.15, 0.2) is 30.3 Å². The minimum atomic E-state index is -0.842. The molecular weight excluding hydrogens is 214 g/mol. The second-order valence-electron chi connectivity index (χ2n) is 5.04. The average molecular weight is 231 g/mol. The molecule has 2 saturated heterocycles. The van der Waals surface area contributed by atoms with E-state index in [1.165, 1.54) is 0 Å². The standard InChI is InChI=1S/C14H17NO2/c16-13-8-7-12-14(17,9-4-10-15(12)13)11-5-2-1-3-6-11/h1-3,5-6,12,17H,4,7-10H2/t12-,14+/m1/s1. The van der Waals surface area contributed by atoms with Crippen molar-refractivity contribution in [3.63, 3.8) is 0 Å². The third-order valence-electron chi connectivity index (χ3n) is 4.11. The summed E-state index contributed by atoms with van der Waals surface area (Å²) in [6.07, 6.45) is 3.00. The van der Waals surface area contributed by atoms with Gasteiger partial charge in [-0.25, -0.2) is 0 Å². The maximum atomic E-state index is 11.7. The van der Waals surface area contributed by atoms with E-state index in [0.717, 1.165) is 31.4 Å². The van der Waals surface area contributed by atoms with Gasteiger partial charge in [0.15, 0.2) is 0 Å². The van der Waals surface area contributed by atoms with E-state index in [1.807, 2.05) is 35.2 Å². The number of fused-ring (bicyclic) bond motifs is 1. The second-order valence-corrected chi connectivity index (χ2v) is 5.04. The van der Waals surface area contributed by atoms with Crippen molar-refractivity contribution in [2.45, 2.75) is 37.3 Å². The monoisotopic (exact) mass is 231 g/mol. The number of carbonyl (C=O) groups is 1. The van der Waals surface area contributed by atoms with E-state index < -0.39 is 5.60 Å². The predicted molar refractivity (Wildman–Crippen MR) is 64.3 cm³/mol. The lowest BCUT2D eigenvalue weighted by molar-refractivity contribution is -0.138. The zero-order chi connectivity index (χ0) is 11.9. The van der Waals surface area contributed by atoms with E-state index in [2.05, 4.69) is 0 Å². The molecule has 0 radical (unpaired) electrons. The molecule has 0 aliphatic carbocycles. The summed E-state index contributed by atoms with van der Waals surface area (Å²) in [6, 6.07) is 9.75. The summed E-state index contributed by atoms with van der Waals surface area (Å²) in [4.78, 5) is 13.6. The largest absolute Gasteiger partial charge is 0.383 e. The first-order valence-corrected chi connectivity index (χ1v) is 6.29. The van der Waals surface area contributed by atoms with Gasteiger partial charge in [-0.2, -0.15) is 0 Å². The number of benzene rings is 1. The van der Waals surface area contributed by atoms with Crippen LogP contribution < -0.4 is 0 Å². The van der Waals surface area contributed by atoms with Crippen LogP contribution >= 0.6 is 0 Å². The Morgan fingerprint density at radius 2 is 2.06 bits per heavy atom. The number of rotatable bonds is 1. The third kappa shape index (κ3) is 1.57. The highest BCUT2D eigenvalue weighted by Crippen LogP contribution is 2.41. The Balaban J connectivity index is 1.99. The molecule has 90 valence electrons. The highest BCUT2D eigenvalue weighted by Gasteiger charge is 2.48. The summed E-state index contributed by atoms with van der Waals surface area (Å²) < 4.78 is 0. The van der Waals surface area contributed by atoms with Gasteiger partial charge >= 0.3 is 0 Å². The van der Waals surface area contributed by atoms with Gasteiger partial charge in [-0.3, -0.25) is 4.79 Å². The molecule has 2 atom stereocenters. The molecule has 1 aromatic carbocycles. The van der Waals surface area contributed by atoms with Gasteiger partial charge in [0.25, 0.3) is 0 Å². The fraction of sp³-hybridized carbons (Fsp3) is 0.500. The zero-order valence-corrected chi connectivity index (χ0v) is 9.80. The Morgan fingerprint density at radius 3 is 2.82 bits per heavy atom. The van der Waals surface area contributed by atoms with Crippen LogP contribution in [-0.2, 0) is 10.4 Å². The molecule has 1 amide bonds. The van der Waals surface area contributed by atoms with Crippen LogP contribution in [0.2, 0.25) is 0 Å². The Kier molecular flexibility index (Phi) is 2.44. The van der Waals surface area contributed by atoms with Gasteiger partial charge < -0.3 is 10.0 Å². The molecule has 1 aromatic rings. The molecule has 2 aliphatic heterocycles. The first-order valence-electron chi connectivity index (χ1n) is 6.29. The summed E-state index contributed by atoms with van der Waals surface area (Å²) in [5.41, 5.74) is 0.107. The van der Waals surface area contributed by atoms with Crippen molar-refractivity contribution < 1.29 is 9.90 Å². The van der Waals surface area contributed by atoms with Crippen LogP contribution in [0.1, 0.15) is 31.2 Å². The fourth-order valence-corrected chi connectivity index (χ4v) is 3.26. The van der Waals surface area contributed by atoms with E-state index in [1.54, 1.807) is 0 Å². The molecule has 0 bridgehead atoms. The van der Waals surface area contributed by atoms with Crippen molar-refractivity contribution in [1.82, 2.24) is 4.90 Å². The van der Waals surface area contributed by atoms with E-state index in [-0.39, 0.29) is 11.9 Å². The van der Waals surface area contributed by atoms with Gasteiger partial charge in [-0.15, -0.1) is 0 Å². The molecule has 17 heavy (non-hydrogen) atoms. The summed E-state index contributed by atoms with van der Waals surface area (Å²) in [5.74, 6) is 0.198. The van der Waals surface area contributed by atoms with E-state index >= 15 is 0 Å². The molecule has 0 unspecified atom stereocenters. The molecule has 3 heteroatoms. The number of amides is 1. The summed E-state index contributed by atoms with van der Waals surface area (Å²) in [6.45, 7) is 0.804. The van der Waals surface area contributed by atoms with Gasteiger partial charge in [0, 0.05) is 13.0 Å². The maximum absolute atomic E-state index is 11.7. The summed E-state index contributed by atoms with van der Waals surface area (Å²) in [5, 5.41) is 10.9. The molecule has 3 rings (SSSR count). The quantitative estimate of drug-likeness (QED) is 0.798. The van der Waals surface area contributed by atoms with Crippen molar-refractivity contribution in [3.05, 3.63) is 35.9 Å². The lowest BCUT2D eigenvalue weighted by Gasteiger charge is -2.43. The molecule has 2 heterocycles. The summed E-state index contributed by atoms with van der Waals surface area (Å²) >= 11 is 0. The molecule has 2 aliphatic rings. The van der Waals surface area contributed by atoms with E-state index in [4.69, 9.17) is 0 Å². The van der Waals surface area contributed by atoms with Crippen LogP contribution in [0.5, 0.6) is 0 Å². The molecule has 3 nitrogen and oxygen atoms in total. The Labute approximate surface area is 101 Å². The topological polar surface area (TPSA) is 40.5 Å². The highest BCUT2D eigenvalue weighted by atomic mass is 16.3.